The topological polar surface area (TPSA) is 57.6 Å². The summed E-state index contributed by atoms with van der Waals surface area (Å²) in [7, 11) is 1.78. The van der Waals surface area contributed by atoms with Crippen molar-refractivity contribution in [1.29, 1.82) is 0 Å². The molecule has 0 saturated carbocycles. The summed E-state index contributed by atoms with van der Waals surface area (Å²) in [6.07, 6.45) is 1.63. The van der Waals surface area contributed by atoms with Crippen LogP contribution in [0.3, 0.4) is 0 Å². The van der Waals surface area contributed by atoms with Gasteiger partial charge in [0, 0.05) is 13.1 Å². The molecule has 1 heterocycles. The van der Waals surface area contributed by atoms with Crippen LogP contribution in [0.2, 0.25) is 0 Å². The van der Waals surface area contributed by atoms with E-state index in [4.69, 9.17) is 5.11 Å². The number of amides is 1. The summed E-state index contributed by atoms with van der Waals surface area (Å²) in [6, 6.07) is 11.5. The Morgan fingerprint density at radius 2 is 1.74 bits per heavy atom. The van der Waals surface area contributed by atoms with Gasteiger partial charge in [-0.25, -0.2) is 4.79 Å². The van der Waals surface area contributed by atoms with Crippen LogP contribution in [0.4, 0.5) is 0 Å². The quantitative estimate of drug-likeness (QED) is 0.875. The number of hydrogen-bond donors (Lipinski definition) is 1. The number of nitrogens with zero attached hydrogens (tertiary/aromatic N) is 1. The van der Waals surface area contributed by atoms with E-state index in [9.17, 15) is 9.59 Å². The second-order valence-electron chi connectivity index (χ2n) is 5.64. The number of thiophene rings is 1. The normalized spacial score (nSPS) is 12.0. The van der Waals surface area contributed by atoms with Crippen LogP contribution in [0.25, 0.3) is 0 Å². The fourth-order valence-electron chi connectivity index (χ4n) is 2.46. The summed E-state index contributed by atoms with van der Waals surface area (Å²) in [6.45, 7) is 4.10. The van der Waals surface area contributed by atoms with Crippen molar-refractivity contribution in [1.82, 2.24) is 4.90 Å². The van der Waals surface area contributed by atoms with Gasteiger partial charge < -0.3 is 10.0 Å². The average molecular weight is 331 g/mol. The Hall–Kier alpha value is -2.14. The van der Waals surface area contributed by atoms with E-state index in [1.54, 1.807) is 18.0 Å². The summed E-state index contributed by atoms with van der Waals surface area (Å²) in [5.74, 6) is -1.12. The predicted molar refractivity (Wildman–Crippen MR) is 92.3 cm³/mol. The van der Waals surface area contributed by atoms with Crippen molar-refractivity contribution in [3.63, 3.8) is 0 Å². The summed E-state index contributed by atoms with van der Waals surface area (Å²) >= 11 is 1.02. The fourth-order valence-corrected chi connectivity index (χ4v) is 3.29. The lowest BCUT2D eigenvalue weighted by Crippen LogP contribution is -2.37. The summed E-state index contributed by atoms with van der Waals surface area (Å²) in [5, 5.41) is 8.98. The van der Waals surface area contributed by atoms with Crippen LogP contribution in [-0.2, 0) is 6.42 Å². The van der Waals surface area contributed by atoms with Gasteiger partial charge in [-0.2, -0.15) is 0 Å². The minimum absolute atomic E-state index is 0.0839. The molecule has 0 radical (unpaired) electrons. The third kappa shape index (κ3) is 4.20. The number of rotatable bonds is 6. The second-order valence-corrected chi connectivity index (χ2v) is 6.72. The van der Waals surface area contributed by atoms with Gasteiger partial charge in [-0.05, 0) is 37.5 Å². The molecule has 0 aliphatic rings. The molecule has 0 saturated heterocycles. The van der Waals surface area contributed by atoms with E-state index in [1.807, 2.05) is 6.92 Å². The average Bonchev–Trinajstić information content (AvgIpc) is 3.03. The Labute approximate surface area is 140 Å². The first-order valence-corrected chi connectivity index (χ1v) is 8.39. The minimum atomic E-state index is -0.997. The molecule has 0 aliphatic heterocycles. The SMILES string of the molecule is CCC(Cc1ccc(C)cc1)N(C)C(=O)c1ccc(C(=O)O)s1. The maximum atomic E-state index is 12.6. The lowest BCUT2D eigenvalue weighted by Gasteiger charge is -2.27. The largest absolute Gasteiger partial charge is 0.477 e. The Morgan fingerprint density at radius 1 is 1.13 bits per heavy atom. The van der Waals surface area contributed by atoms with Gasteiger partial charge in [0.15, 0.2) is 0 Å². The van der Waals surface area contributed by atoms with E-state index in [0.717, 1.165) is 24.2 Å². The zero-order chi connectivity index (χ0) is 17.0. The number of carboxylic acids is 1. The molecule has 1 aromatic carbocycles. The smallest absolute Gasteiger partial charge is 0.345 e. The number of hydrogen-bond acceptors (Lipinski definition) is 3. The highest BCUT2D eigenvalue weighted by Crippen LogP contribution is 2.20. The number of aryl methyl sites for hydroxylation is 1. The van der Waals surface area contributed by atoms with E-state index < -0.39 is 5.97 Å². The first-order chi connectivity index (χ1) is 10.9. The number of carboxylic acid groups (broad SMARTS) is 1. The molecular formula is C18H21NO3S. The molecule has 1 aromatic heterocycles. The molecule has 1 atom stereocenters. The Morgan fingerprint density at radius 3 is 2.26 bits per heavy atom. The van der Waals surface area contributed by atoms with Gasteiger partial charge in [-0.3, -0.25) is 4.79 Å². The molecule has 5 heteroatoms. The number of carbonyl (C=O) groups is 2. The zero-order valence-electron chi connectivity index (χ0n) is 13.6. The Balaban J connectivity index is 2.11. The molecule has 122 valence electrons. The minimum Gasteiger partial charge on any atom is -0.477 e. The van der Waals surface area contributed by atoms with Gasteiger partial charge in [0.25, 0.3) is 5.91 Å². The molecular weight excluding hydrogens is 310 g/mol. The van der Waals surface area contributed by atoms with Crippen LogP contribution in [0, 0.1) is 6.92 Å². The highest BCUT2D eigenvalue weighted by Gasteiger charge is 2.22. The fraction of sp³-hybridized carbons (Fsp3) is 0.333. The molecule has 0 spiro atoms. The van der Waals surface area contributed by atoms with Crippen molar-refractivity contribution >= 4 is 23.2 Å². The predicted octanol–water partition coefficient (Wildman–Crippen LogP) is 3.85. The molecule has 2 rings (SSSR count). The van der Waals surface area contributed by atoms with Crippen LogP contribution < -0.4 is 0 Å². The number of aromatic carboxylic acids is 1. The standard InChI is InChI=1S/C18H21NO3S/c1-4-14(11-13-7-5-12(2)6-8-13)19(3)17(20)15-9-10-16(23-15)18(21)22/h5-10,14H,4,11H2,1-3H3,(H,21,22). The lowest BCUT2D eigenvalue weighted by atomic mass is 10.0. The molecule has 0 fully saturated rings. The Bertz CT molecular complexity index is 691. The first-order valence-electron chi connectivity index (χ1n) is 7.58. The molecule has 1 N–H and O–H groups in total. The van der Waals surface area contributed by atoms with E-state index in [-0.39, 0.29) is 16.8 Å². The van der Waals surface area contributed by atoms with Crippen LogP contribution in [0.5, 0.6) is 0 Å². The van der Waals surface area contributed by atoms with Gasteiger partial charge in [0.2, 0.25) is 0 Å². The van der Waals surface area contributed by atoms with Crippen molar-refractivity contribution in [2.45, 2.75) is 32.7 Å². The van der Waals surface area contributed by atoms with E-state index in [1.165, 1.54) is 17.2 Å². The summed E-state index contributed by atoms with van der Waals surface area (Å²) in [5.41, 5.74) is 2.41. The van der Waals surface area contributed by atoms with Crippen molar-refractivity contribution in [3.8, 4) is 0 Å². The number of benzene rings is 1. The molecule has 0 aliphatic carbocycles. The lowest BCUT2D eigenvalue weighted by molar-refractivity contribution is 0.0700. The van der Waals surface area contributed by atoms with Gasteiger partial charge in [-0.15, -0.1) is 11.3 Å². The van der Waals surface area contributed by atoms with Crippen molar-refractivity contribution in [2.75, 3.05) is 7.05 Å². The highest BCUT2D eigenvalue weighted by molar-refractivity contribution is 7.15. The maximum Gasteiger partial charge on any atom is 0.345 e. The molecule has 1 amide bonds. The van der Waals surface area contributed by atoms with Gasteiger partial charge in [-0.1, -0.05) is 36.8 Å². The van der Waals surface area contributed by atoms with Crippen LogP contribution >= 0.6 is 11.3 Å². The summed E-state index contributed by atoms with van der Waals surface area (Å²) < 4.78 is 0. The van der Waals surface area contributed by atoms with E-state index in [0.29, 0.717) is 4.88 Å². The molecule has 0 bridgehead atoms. The second kappa shape index (κ2) is 7.42. The Kier molecular flexibility index (Phi) is 5.55. The van der Waals surface area contributed by atoms with Crippen LogP contribution in [0.1, 0.15) is 43.8 Å². The molecule has 23 heavy (non-hydrogen) atoms. The molecule has 4 nitrogen and oxygen atoms in total. The zero-order valence-corrected chi connectivity index (χ0v) is 14.4. The van der Waals surface area contributed by atoms with Crippen LogP contribution in [-0.4, -0.2) is 35.0 Å². The third-order valence-corrected chi connectivity index (χ3v) is 5.02. The van der Waals surface area contributed by atoms with Crippen molar-refractivity contribution in [2.24, 2.45) is 0 Å². The van der Waals surface area contributed by atoms with E-state index >= 15 is 0 Å². The van der Waals surface area contributed by atoms with Crippen molar-refractivity contribution in [3.05, 3.63) is 57.3 Å². The highest BCUT2D eigenvalue weighted by atomic mass is 32.1. The van der Waals surface area contributed by atoms with Gasteiger partial charge in [0.1, 0.15) is 4.88 Å². The number of likely N-dealkylation sites (N-methyl/N-ethyl adjacent to an activating group) is 1. The molecule has 1 unspecified atom stereocenters. The first kappa shape index (κ1) is 17.2. The summed E-state index contributed by atoms with van der Waals surface area (Å²) in [4.78, 5) is 25.9. The van der Waals surface area contributed by atoms with Crippen LogP contribution in [0.15, 0.2) is 36.4 Å². The van der Waals surface area contributed by atoms with E-state index in [2.05, 4.69) is 31.2 Å². The van der Waals surface area contributed by atoms with Gasteiger partial charge in [0.05, 0.1) is 4.88 Å². The van der Waals surface area contributed by atoms with Crippen molar-refractivity contribution < 1.29 is 14.7 Å². The molecule has 2 aromatic rings. The van der Waals surface area contributed by atoms with Gasteiger partial charge >= 0.3 is 5.97 Å². The monoisotopic (exact) mass is 331 g/mol. The third-order valence-electron chi connectivity index (χ3n) is 3.96. The number of carbonyl (C=O) groups excluding carboxylic acids is 1. The maximum absolute atomic E-state index is 12.6.